The molecule has 8 heteroatoms. The molecular formula is C20H25ClN4O2S. The molecule has 1 fully saturated rings. The van der Waals surface area contributed by atoms with Crippen LogP contribution in [0.25, 0.3) is 22.4 Å². The Labute approximate surface area is 174 Å². The van der Waals surface area contributed by atoms with E-state index < -0.39 is 0 Å². The Morgan fingerprint density at radius 1 is 1.36 bits per heavy atom. The summed E-state index contributed by atoms with van der Waals surface area (Å²) in [7, 11) is 0. The molecular weight excluding hydrogens is 396 g/mol. The second kappa shape index (κ2) is 8.59. The van der Waals surface area contributed by atoms with Crippen molar-refractivity contribution in [3.8, 4) is 11.3 Å². The third-order valence-electron chi connectivity index (χ3n) is 5.18. The lowest BCUT2D eigenvalue weighted by Crippen LogP contribution is -2.26. The molecule has 0 aliphatic carbocycles. The highest BCUT2D eigenvalue weighted by Crippen LogP contribution is 2.32. The number of thiophene rings is 1. The van der Waals surface area contributed by atoms with Crippen LogP contribution >= 0.6 is 23.7 Å². The molecule has 0 saturated carbocycles. The SMILES string of the molecule is Cc1cc(-c2cc(C(=O)NCCC3CCNC3)c3c(C)noc3n2)c(C)s1.Cl. The van der Waals surface area contributed by atoms with Gasteiger partial charge in [0.1, 0.15) is 0 Å². The topological polar surface area (TPSA) is 80.0 Å². The van der Waals surface area contributed by atoms with Crippen molar-refractivity contribution in [2.24, 2.45) is 5.92 Å². The van der Waals surface area contributed by atoms with Crippen LogP contribution in [0.2, 0.25) is 0 Å². The van der Waals surface area contributed by atoms with E-state index in [1.807, 2.05) is 13.0 Å². The Bertz CT molecular complexity index is 992. The number of halogens is 1. The molecule has 1 atom stereocenters. The molecule has 3 aromatic rings. The van der Waals surface area contributed by atoms with Gasteiger partial charge in [0.25, 0.3) is 11.6 Å². The third-order valence-corrected chi connectivity index (χ3v) is 6.15. The summed E-state index contributed by atoms with van der Waals surface area (Å²) in [5.74, 6) is 0.553. The van der Waals surface area contributed by atoms with Crippen molar-refractivity contribution in [1.82, 2.24) is 20.8 Å². The fraction of sp³-hybridized carbons (Fsp3) is 0.450. The Hall–Kier alpha value is -1.96. The number of carbonyl (C=O) groups excluding carboxylic acids is 1. The smallest absolute Gasteiger partial charge is 0.259 e. The van der Waals surface area contributed by atoms with E-state index in [2.05, 4.69) is 40.7 Å². The minimum absolute atomic E-state index is 0. The number of fused-ring (bicyclic) bond motifs is 1. The molecule has 6 nitrogen and oxygen atoms in total. The molecule has 3 aromatic heterocycles. The summed E-state index contributed by atoms with van der Waals surface area (Å²) in [4.78, 5) is 19.9. The number of pyridine rings is 1. The summed E-state index contributed by atoms with van der Waals surface area (Å²) in [5.41, 5.74) is 3.48. The summed E-state index contributed by atoms with van der Waals surface area (Å²) in [5, 5.41) is 11.2. The van der Waals surface area contributed by atoms with Crippen molar-refractivity contribution >= 4 is 40.8 Å². The van der Waals surface area contributed by atoms with Crippen LogP contribution in [-0.2, 0) is 0 Å². The second-order valence-corrected chi connectivity index (χ2v) is 8.69. The second-order valence-electron chi connectivity index (χ2n) is 7.23. The van der Waals surface area contributed by atoms with Gasteiger partial charge in [-0.2, -0.15) is 0 Å². The van der Waals surface area contributed by atoms with E-state index in [0.717, 1.165) is 30.8 Å². The number of aromatic nitrogens is 2. The number of nitrogens with one attached hydrogen (secondary N) is 2. The monoisotopic (exact) mass is 420 g/mol. The van der Waals surface area contributed by atoms with Gasteiger partial charge in [-0.3, -0.25) is 4.79 Å². The number of aryl methyl sites for hydroxylation is 3. The number of hydrogen-bond acceptors (Lipinski definition) is 6. The summed E-state index contributed by atoms with van der Waals surface area (Å²) >= 11 is 1.72. The van der Waals surface area contributed by atoms with Crippen LogP contribution in [0, 0.1) is 26.7 Å². The lowest BCUT2D eigenvalue weighted by molar-refractivity contribution is 0.0953. The van der Waals surface area contributed by atoms with Gasteiger partial charge in [-0.15, -0.1) is 23.7 Å². The highest BCUT2D eigenvalue weighted by atomic mass is 35.5. The lowest BCUT2D eigenvalue weighted by Gasteiger charge is -2.11. The van der Waals surface area contributed by atoms with Crippen LogP contribution in [0.15, 0.2) is 16.7 Å². The minimum Gasteiger partial charge on any atom is -0.352 e. The Balaban J connectivity index is 0.00000225. The normalized spacial score (nSPS) is 16.3. The summed E-state index contributed by atoms with van der Waals surface area (Å²) in [6, 6.07) is 3.97. The highest BCUT2D eigenvalue weighted by Gasteiger charge is 2.21. The van der Waals surface area contributed by atoms with Crippen molar-refractivity contribution < 1.29 is 9.32 Å². The van der Waals surface area contributed by atoms with Gasteiger partial charge in [0.2, 0.25) is 0 Å². The van der Waals surface area contributed by atoms with E-state index >= 15 is 0 Å². The van der Waals surface area contributed by atoms with Gasteiger partial charge in [-0.05, 0) is 64.8 Å². The van der Waals surface area contributed by atoms with Gasteiger partial charge in [-0.1, -0.05) is 5.16 Å². The number of rotatable bonds is 5. The van der Waals surface area contributed by atoms with Gasteiger partial charge in [0, 0.05) is 21.9 Å². The van der Waals surface area contributed by atoms with Crippen LogP contribution in [0.1, 0.15) is 38.6 Å². The van der Waals surface area contributed by atoms with Crippen LogP contribution in [0.4, 0.5) is 0 Å². The van der Waals surface area contributed by atoms with Crippen molar-refractivity contribution in [1.29, 1.82) is 0 Å². The van der Waals surface area contributed by atoms with Gasteiger partial charge in [0.05, 0.1) is 22.3 Å². The average Bonchev–Trinajstić information content (AvgIpc) is 3.36. The number of hydrogen-bond donors (Lipinski definition) is 2. The zero-order chi connectivity index (χ0) is 19.0. The zero-order valence-corrected chi connectivity index (χ0v) is 17.9. The van der Waals surface area contributed by atoms with Crippen LogP contribution in [0.3, 0.4) is 0 Å². The van der Waals surface area contributed by atoms with Crippen molar-refractivity contribution in [2.75, 3.05) is 19.6 Å². The Morgan fingerprint density at radius 2 is 2.18 bits per heavy atom. The van der Waals surface area contributed by atoms with Crippen molar-refractivity contribution in [3.05, 3.63) is 33.1 Å². The number of amides is 1. The van der Waals surface area contributed by atoms with Gasteiger partial charge >= 0.3 is 0 Å². The van der Waals surface area contributed by atoms with Gasteiger partial charge < -0.3 is 15.2 Å². The van der Waals surface area contributed by atoms with Crippen LogP contribution < -0.4 is 10.6 Å². The van der Waals surface area contributed by atoms with E-state index in [-0.39, 0.29) is 18.3 Å². The van der Waals surface area contributed by atoms with E-state index in [4.69, 9.17) is 4.52 Å². The molecule has 28 heavy (non-hydrogen) atoms. The minimum atomic E-state index is -0.0921. The molecule has 0 radical (unpaired) electrons. The molecule has 0 bridgehead atoms. The predicted molar refractivity (Wildman–Crippen MR) is 115 cm³/mol. The fourth-order valence-corrected chi connectivity index (χ4v) is 4.68. The maximum atomic E-state index is 12.9. The quantitative estimate of drug-likeness (QED) is 0.651. The van der Waals surface area contributed by atoms with Gasteiger partial charge in [-0.25, -0.2) is 4.98 Å². The molecule has 1 amide bonds. The third kappa shape index (κ3) is 4.06. The fourth-order valence-electron chi connectivity index (χ4n) is 3.74. The molecule has 1 unspecified atom stereocenters. The largest absolute Gasteiger partial charge is 0.352 e. The number of carbonyl (C=O) groups is 1. The molecule has 150 valence electrons. The van der Waals surface area contributed by atoms with Crippen LogP contribution in [0.5, 0.6) is 0 Å². The Morgan fingerprint density at radius 3 is 2.86 bits per heavy atom. The van der Waals surface area contributed by atoms with E-state index in [1.165, 1.54) is 16.2 Å². The molecule has 1 aliphatic rings. The van der Waals surface area contributed by atoms with E-state index in [9.17, 15) is 4.79 Å². The first-order chi connectivity index (χ1) is 13.0. The first-order valence-electron chi connectivity index (χ1n) is 9.36. The van der Waals surface area contributed by atoms with Crippen molar-refractivity contribution in [2.45, 2.75) is 33.6 Å². The van der Waals surface area contributed by atoms with Crippen molar-refractivity contribution in [3.63, 3.8) is 0 Å². The first-order valence-corrected chi connectivity index (χ1v) is 10.2. The Kier molecular flexibility index (Phi) is 6.37. The zero-order valence-electron chi connectivity index (χ0n) is 16.3. The standard InChI is InChI=1S/C20H24N4O2S.ClH/c1-11-8-15(13(3)27-11)17-9-16(18-12(2)24-26-20(18)23-17)19(25)22-7-5-14-4-6-21-10-14;/h8-9,14,21H,4-7,10H2,1-3H3,(H,22,25);1H. The molecule has 4 heterocycles. The summed E-state index contributed by atoms with van der Waals surface area (Å²) in [6.07, 6.45) is 2.17. The summed E-state index contributed by atoms with van der Waals surface area (Å²) in [6.45, 7) is 8.77. The maximum absolute atomic E-state index is 12.9. The molecule has 1 saturated heterocycles. The lowest BCUT2D eigenvalue weighted by atomic mass is 10.0. The van der Waals surface area contributed by atoms with Crippen LogP contribution in [-0.4, -0.2) is 35.7 Å². The van der Waals surface area contributed by atoms with E-state index in [1.54, 1.807) is 11.3 Å². The molecule has 4 rings (SSSR count). The molecule has 1 aliphatic heterocycles. The number of nitrogens with zero attached hydrogens (tertiary/aromatic N) is 2. The predicted octanol–water partition coefficient (Wildman–Crippen LogP) is 4.03. The molecule has 0 spiro atoms. The van der Waals surface area contributed by atoms with Gasteiger partial charge in [0.15, 0.2) is 0 Å². The highest BCUT2D eigenvalue weighted by molar-refractivity contribution is 7.12. The molecule has 2 N–H and O–H groups in total. The first kappa shape index (κ1) is 20.8. The summed E-state index contributed by atoms with van der Waals surface area (Å²) < 4.78 is 5.39. The maximum Gasteiger partial charge on any atom is 0.259 e. The average molecular weight is 421 g/mol. The molecule has 0 aromatic carbocycles. The van der Waals surface area contributed by atoms with E-state index in [0.29, 0.717) is 34.8 Å².